The highest BCUT2D eigenvalue weighted by Gasteiger charge is 2.25. The van der Waals surface area contributed by atoms with Gasteiger partial charge in [0.25, 0.3) is 0 Å². The predicted molar refractivity (Wildman–Crippen MR) is 132 cm³/mol. The van der Waals surface area contributed by atoms with E-state index in [-0.39, 0.29) is 12.1 Å². The van der Waals surface area contributed by atoms with Crippen LogP contribution in [0.2, 0.25) is 0 Å². The molecule has 1 N–H and O–H groups in total. The molecular formula is C26H35N5O2. The second-order valence-electron chi connectivity index (χ2n) is 8.79. The molecule has 0 aliphatic carbocycles. The molecule has 0 aromatic heterocycles. The van der Waals surface area contributed by atoms with Gasteiger partial charge in [0.05, 0.1) is 0 Å². The van der Waals surface area contributed by atoms with E-state index in [1.54, 1.807) is 9.80 Å². The number of amides is 4. The summed E-state index contributed by atoms with van der Waals surface area (Å²) >= 11 is 0. The summed E-state index contributed by atoms with van der Waals surface area (Å²) in [4.78, 5) is 33.1. The number of urea groups is 2. The lowest BCUT2D eigenvalue weighted by atomic mass is 10.1. The van der Waals surface area contributed by atoms with E-state index in [4.69, 9.17) is 0 Å². The molecule has 2 aliphatic rings. The van der Waals surface area contributed by atoms with Crippen LogP contribution in [0.5, 0.6) is 0 Å². The van der Waals surface area contributed by atoms with Crippen molar-refractivity contribution in [3.63, 3.8) is 0 Å². The molecular weight excluding hydrogens is 414 g/mol. The number of anilines is 2. The number of piperidine rings is 1. The summed E-state index contributed by atoms with van der Waals surface area (Å²) in [5.74, 6) is 0. The van der Waals surface area contributed by atoms with E-state index in [2.05, 4.69) is 63.6 Å². The maximum atomic E-state index is 12.5. The molecule has 2 fully saturated rings. The van der Waals surface area contributed by atoms with Crippen molar-refractivity contribution in [2.24, 2.45) is 0 Å². The number of hydrogen-bond acceptors (Lipinski definition) is 4. The average Bonchev–Trinajstić information content (AvgIpc) is 2.88. The van der Waals surface area contributed by atoms with Gasteiger partial charge in [-0.15, -0.1) is 0 Å². The Morgan fingerprint density at radius 3 is 1.76 bits per heavy atom. The van der Waals surface area contributed by atoms with E-state index in [0.29, 0.717) is 13.1 Å². The molecule has 0 atom stereocenters. The number of hydrogen-bond donors (Lipinski definition) is 1. The van der Waals surface area contributed by atoms with Gasteiger partial charge in [0, 0.05) is 57.2 Å². The van der Waals surface area contributed by atoms with Crippen molar-refractivity contribution in [3.05, 3.63) is 60.7 Å². The SMILES string of the molecule is O=C(NC(=O)N1CCN(CCCN(c2ccccc2)c2ccccc2)CC1)N1CCCCC1. The van der Waals surface area contributed by atoms with E-state index in [9.17, 15) is 9.59 Å². The van der Waals surface area contributed by atoms with Crippen molar-refractivity contribution in [2.45, 2.75) is 25.7 Å². The minimum atomic E-state index is -0.260. The van der Waals surface area contributed by atoms with Crippen LogP contribution in [0.4, 0.5) is 21.0 Å². The van der Waals surface area contributed by atoms with Crippen LogP contribution < -0.4 is 10.2 Å². The zero-order chi connectivity index (χ0) is 22.9. The van der Waals surface area contributed by atoms with Gasteiger partial charge in [-0.3, -0.25) is 10.2 Å². The Morgan fingerprint density at radius 2 is 1.21 bits per heavy atom. The van der Waals surface area contributed by atoms with E-state index >= 15 is 0 Å². The number of carbonyl (C=O) groups excluding carboxylic acids is 2. The highest BCUT2D eigenvalue weighted by molar-refractivity contribution is 5.93. The van der Waals surface area contributed by atoms with Crippen LogP contribution in [0, 0.1) is 0 Å². The minimum absolute atomic E-state index is 0.246. The Balaban J connectivity index is 1.22. The van der Waals surface area contributed by atoms with Crippen molar-refractivity contribution >= 4 is 23.4 Å². The Hall–Kier alpha value is -3.06. The summed E-state index contributed by atoms with van der Waals surface area (Å²) in [5.41, 5.74) is 2.40. The van der Waals surface area contributed by atoms with Gasteiger partial charge in [-0.05, 0) is 56.5 Å². The lowest BCUT2D eigenvalue weighted by molar-refractivity contribution is 0.136. The molecule has 0 unspecified atom stereocenters. The van der Waals surface area contributed by atoms with Crippen LogP contribution >= 0.6 is 0 Å². The van der Waals surface area contributed by atoms with Gasteiger partial charge in [-0.25, -0.2) is 9.59 Å². The zero-order valence-corrected chi connectivity index (χ0v) is 19.4. The molecule has 176 valence electrons. The summed E-state index contributed by atoms with van der Waals surface area (Å²) < 4.78 is 0. The average molecular weight is 450 g/mol. The monoisotopic (exact) mass is 449 g/mol. The number of likely N-dealkylation sites (tertiary alicyclic amines) is 1. The third kappa shape index (κ3) is 6.48. The number of nitrogens with zero attached hydrogens (tertiary/aromatic N) is 4. The zero-order valence-electron chi connectivity index (χ0n) is 19.4. The molecule has 2 heterocycles. The first-order chi connectivity index (χ1) is 16.2. The van der Waals surface area contributed by atoms with Crippen molar-refractivity contribution in [2.75, 3.05) is 57.3 Å². The van der Waals surface area contributed by atoms with Gasteiger partial charge < -0.3 is 14.7 Å². The Labute approximate surface area is 196 Å². The van der Waals surface area contributed by atoms with Gasteiger partial charge in [-0.2, -0.15) is 0 Å². The van der Waals surface area contributed by atoms with Crippen molar-refractivity contribution in [3.8, 4) is 0 Å². The quantitative estimate of drug-likeness (QED) is 0.720. The number of carbonyl (C=O) groups is 2. The molecule has 7 heteroatoms. The Morgan fingerprint density at radius 1 is 0.697 bits per heavy atom. The van der Waals surface area contributed by atoms with Crippen molar-refractivity contribution < 1.29 is 9.59 Å². The summed E-state index contributed by atoms with van der Waals surface area (Å²) in [6.45, 7) is 6.38. The molecule has 0 saturated carbocycles. The Kier molecular flexibility index (Phi) is 8.19. The molecule has 2 aromatic carbocycles. The lowest BCUT2D eigenvalue weighted by Gasteiger charge is -2.35. The number of rotatable bonds is 6. The smallest absolute Gasteiger partial charge is 0.325 e. The fourth-order valence-corrected chi connectivity index (χ4v) is 4.60. The number of benzene rings is 2. The number of piperazine rings is 1. The maximum Gasteiger partial charge on any atom is 0.325 e. The molecule has 2 saturated heterocycles. The van der Waals surface area contributed by atoms with Crippen LogP contribution in [0.1, 0.15) is 25.7 Å². The van der Waals surface area contributed by atoms with Crippen molar-refractivity contribution in [1.29, 1.82) is 0 Å². The first-order valence-corrected chi connectivity index (χ1v) is 12.2. The van der Waals surface area contributed by atoms with Crippen LogP contribution in [0.25, 0.3) is 0 Å². The largest absolute Gasteiger partial charge is 0.341 e. The third-order valence-electron chi connectivity index (χ3n) is 6.51. The van der Waals surface area contributed by atoms with Gasteiger partial charge in [-0.1, -0.05) is 36.4 Å². The normalized spacial score (nSPS) is 17.0. The van der Waals surface area contributed by atoms with Gasteiger partial charge >= 0.3 is 12.1 Å². The molecule has 2 aliphatic heterocycles. The second-order valence-corrected chi connectivity index (χ2v) is 8.79. The van der Waals surface area contributed by atoms with Crippen LogP contribution in [-0.2, 0) is 0 Å². The van der Waals surface area contributed by atoms with Gasteiger partial charge in [0.2, 0.25) is 0 Å². The van der Waals surface area contributed by atoms with E-state index in [0.717, 1.165) is 65.0 Å². The Bertz CT molecular complexity index is 839. The first-order valence-electron chi connectivity index (χ1n) is 12.2. The summed E-state index contributed by atoms with van der Waals surface area (Å²) in [5, 5.41) is 2.58. The second kappa shape index (κ2) is 11.7. The molecule has 33 heavy (non-hydrogen) atoms. The standard InChI is InChI=1S/C26H35N5O2/c32-25(29-16-8-3-9-17-29)27-26(33)30-21-19-28(20-22-30)15-10-18-31(23-11-4-1-5-12-23)24-13-6-2-7-14-24/h1-2,4-7,11-14H,3,8-10,15-22H2,(H,27,32,33). The van der Waals surface area contributed by atoms with Crippen LogP contribution in [0.3, 0.4) is 0 Å². The highest BCUT2D eigenvalue weighted by Crippen LogP contribution is 2.25. The minimum Gasteiger partial charge on any atom is -0.341 e. The fourth-order valence-electron chi connectivity index (χ4n) is 4.60. The molecule has 4 amide bonds. The van der Waals surface area contributed by atoms with E-state index < -0.39 is 0 Å². The first kappa shape index (κ1) is 23.1. The summed E-state index contributed by atoms with van der Waals surface area (Å²) in [6, 6.07) is 20.5. The lowest BCUT2D eigenvalue weighted by Crippen LogP contribution is -2.55. The van der Waals surface area contributed by atoms with E-state index in [1.807, 2.05) is 12.1 Å². The van der Waals surface area contributed by atoms with Crippen LogP contribution in [-0.4, -0.2) is 79.1 Å². The maximum absolute atomic E-state index is 12.5. The summed E-state index contributed by atoms with van der Waals surface area (Å²) in [7, 11) is 0. The topological polar surface area (TPSA) is 59.1 Å². The molecule has 0 radical (unpaired) electrons. The summed E-state index contributed by atoms with van der Waals surface area (Å²) in [6.07, 6.45) is 4.23. The number of imide groups is 1. The van der Waals surface area contributed by atoms with Crippen LogP contribution in [0.15, 0.2) is 60.7 Å². The number of nitrogens with one attached hydrogen (secondary N) is 1. The van der Waals surface area contributed by atoms with E-state index in [1.165, 1.54) is 11.4 Å². The number of para-hydroxylation sites is 2. The predicted octanol–water partition coefficient (Wildman–Crippen LogP) is 4.15. The molecule has 7 nitrogen and oxygen atoms in total. The van der Waals surface area contributed by atoms with Gasteiger partial charge in [0.1, 0.15) is 0 Å². The highest BCUT2D eigenvalue weighted by atomic mass is 16.2. The molecule has 0 spiro atoms. The molecule has 2 aromatic rings. The fraction of sp³-hybridized carbons (Fsp3) is 0.462. The molecule has 0 bridgehead atoms. The van der Waals surface area contributed by atoms with Gasteiger partial charge in [0.15, 0.2) is 0 Å². The molecule has 4 rings (SSSR count). The third-order valence-corrected chi connectivity index (χ3v) is 6.51. The van der Waals surface area contributed by atoms with Crippen molar-refractivity contribution in [1.82, 2.24) is 20.0 Å².